The fourth-order valence-electron chi connectivity index (χ4n) is 2.75. The monoisotopic (exact) mass is 299 g/mol. The van der Waals surface area contributed by atoms with E-state index in [-0.39, 0.29) is 5.17 Å². The molecule has 0 radical (unpaired) electrons. The molecule has 1 N–H and O–H groups in total. The van der Waals surface area contributed by atoms with Crippen LogP contribution < -0.4 is 0 Å². The Bertz CT molecular complexity index is 630. The average Bonchev–Trinajstić information content (AvgIpc) is 2.46. The molecule has 21 heavy (non-hydrogen) atoms. The first-order valence-corrected chi connectivity index (χ1v) is 7.78. The van der Waals surface area contributed by atoms with E-state index in [1.807, 2.05) is 18.2 Å². The Morgan fingerprint density at radius 1 is 0.857 bits per heavy atom. The zero-order chi connectivity index (χ0) is 15.6. The summed E-state index contributed by atoms with van der Waals surface area (Å²) in [7, 11) is 0. The number of benzene rings is 2. The van der Waals surface area contributed by atoms with Crippen molar-refractivity contribution in [2.24, 2.45) is 0 Å². The van der Waals surface area contributed by atoms with E-state index >= 15 is 0 Å². The standard InChI is InChI=1S/C19H22ClN/c1-12(2)14-10-7-11-15(13(3)4)18(14)16-8-5-6-9-17(16)19(20)21/h5-13,21H,1-4H3. The van der Waals surface area contributed by atoms with Crippen LogP contribution in [0.15, 0.2) is 42.5 Å². The second-order valence-electron chi connectivity index (χ2n) is 5.98. The van der Waals surface area contributed by atoms with Crippen LogP contribution in [-0.2, 0) is 0 Å². The minimum Gasteiger partial charge on any atom is -0.289 e. The largest absolute Gasteiger partial charge is 0.289 e. The molecule has 0 unspecified atom stereocenters. The van der Waals surface area contributed by atoms with Gasteiger partial charge in [0.05, 0.1) is 0 Å². The van der Waals surface area contributed by atoms with Crippen LogP contribution in [0.4, 0.5) is 0 Å². The molecule has 0 saturated heterocycles. The van der Waals surface area contributed by atoms with Crippen LogP contribution >= 0.6 is 11.6 Å². The van der Waals surface area contributed by atoms with E-state index in [0.29, 0.717) is 11.8 Å². The minimum absolute atomic E-state index is 0.0962. The molecule has 0 aliphatic carbocycles. The van der Waals surface area contributed by atoms with E-state index in [4.69, 9.17) is 17.0 Å². The maximum absolute atomic E-state index is 7.85. The third kappa shape index (κ3) is 3.19. The van der Waals surface area contributed by atoms with Crippen molar-refractivity contribution in [1.82, 2.24) is 0 Å². The fourth-order valence-corrected chi connectivity index (χ4v) is 2.92. The van der Waals surface area contributed by atoms with E-state index in [0.717, 1.165) is 11.1 Å². The van der Waals surface area contributed by atoms with E-state index in [9.17, 15) is 0 Å². The molecule has 2 rings (SSSR count). The zero-order valence-corrected chi connectivity index (χ0v) is 13.8. The van der Waals surface area contributed by atoms with E-state index in [1.54, 1.807) is 0 Å². The molecule has 0 spiro atoms. The van der Waals surface area contributed by atoms with E-state index in [1.165, 1.54) is 16.7 Å². The lowest BCUT2D eigenvalue weighted by Gasteiger charge is -2.21. The molecule has 0 aliphatic heterocycles. The molecule has 1 nitrogen and oxygen atoms in total. The Morgan fingerprint density at radius 2 is 1.38 bits per heavy atom. The highest BCUT2D eigenvalue weighted by Crippen LogP contribution is 2.37. The van der Waals surface area contributed by atoms with Crippen molar-refractivity contribution in [2.45, 2.75) is 39.5 Å². The van der Waals surface area contributed by atoms with Crippen LogP contribution in [-0.4, -0.2) is 5.17 Å². The maximum Gasteiger partial charge on any atom is 0.128 e. The van der Waals surface area contributed by atoms with Crippen LogP contribution in [0.25, 0.3) is 11.1 Å². The molecule has 0 bridgehead atoms. The Balaban J connectivity index is 2.82. The van der Waals surface area contributed by atoms with Crippen LogP contribution in [0.3, 0.4) is 0 Å². The van der Waals surface area contributed by atoms with Crippen LogP contribution in [0.2, 0.25) is 0 Å². The highest BCUT2D eigenvalue weighted by atomic mass is 35.5. The van der Waals surface area contributed by atoms with Crippen molar-refractivity contribution < 1.29 is 0 Å². The minimum atomic E-state index is 0.0962. The molecule has 0 aliphatic rings. The molecule has 2 aromatic carbocycles. The summed E-state index contributed by atoms with van der Waals surface area (Å²) in [5.74, 6) is 0.854. The third-order valence-corrected chi connectivity index (χ3v) is 4.01. The summed E-state index contributed by atoms with van der Waals surface area (Å²) in [6.07, 6.45) is 0. The number of halogens is 1. The quantitative estimate of drug-likeness (QED) is 0.653. The molecular weight excluding hydrogens is 278 g/mol. The van der Waals surface area contributed by atoms with Crippen LogP contribution in [0.1, 0.15) is 56.2 Å². The van der Waals surface area contributed by atoms with Gasteiger partial charge in [-0.3, -0.25) is 5.41 Å². The molecule has 2 heteroatoms. The van der Waals surface area contributed by atoms with Gasteiger partial charge in [-0.2, -0.15) is 0 Å². The van der Waals surface area contributed by atoms with Crippen molar-refractivity contribution in [3.63, 3.8) is 0 Å². The predicted octanol–water partition coefficient (Wildman–Crippen LogP) is 6.16. The van der Waals surface area contributed by atoms with Crippen LogP contribution in [0.5, 0.6) is 0 Å². The lowest BCUT2D eigenvalue weighted by Crippen LogP contribution is -2.03. The van der Waals surface area contributed by atoms with Crippen molar-refractivity contribution in [1.29, 1.82) is 5.41 Å². The average molecular weight is 300 g/mol. The van der Waals surface area contributed by atoms with Crippen molar-refractivity contribution >= 4 is 16.8 Å². The third-order valence-electron chi connectivity index (χ3n) is 3.81. The van der Waals surface area contributed by atoms with Gasteiger partial charge < -0.3 is 0 Å². The van der Waals surface area contributed by atoms with Crippen LogP contribution in [0, 0.1) is 5.41 Å². The van der Waals surface area contributed by atoms with Gasteiger partial charge in [0.1, 0.15) is 5.17 Å². The Labute approximate surface area is 132 Å². The summed E-state index contributed by atoms with van der Waals surface area (Å²) < 4.78 is 0. The summed E-state index contributed by atoms with van der Waals surface area (Å²) in [6, 6.07) is 14.4. The fraction of sp³-hybridized carbons (Fsp3) is 0.316. The first-order chi connectivity index (χ1) is 9.93. The predicted molar refractivity (Wildman–Crippen MR) is 92.7 cm³/mol. The summed E-state index contributed by atoms with van der Waals surface area (Å²) in [5, 5.41) is 7.94. The normalized spacial score (nSPS) is 11.2. The van der Waals surface area contributed by atoms with Crippen molar-refractivity contribution in [3.8, 4) is 11.1 Å². The molecule has 110 valence electrons. The zero-order valence-electron chi connectivity index (χ0n) is 13.1. The van der Waals surface area contributed by atoms with Gasteiger partial charge in [0.2, 0.25) is 0 Å². The van der Waals surface area contributed by atoms with Gasteiger partial charge in [0.25, 0.3) is 0 Å². The van der Waals surface area contributed by atoms with Gasteiger partial charge in [-0.25, -0.2) is 0 Å². The SMILES string of the molecule is CC(C)c1cccc(C(C)C)c1-c1ccccc1C(=N)Cl. The summed E-state index contributed by atoms with van der Waals surface area (Å²) in [6.45, 7) is 8.82. The smallest absolute Gasteiger partial charge is 0.128 e. The van der Waals surface area contributed by atoms with Crippen molar-refractivity contribution in [3.05, 3.63) is 59.2 Å². The highest BCUT2D eigenvalue weighted by Gasteiger charge is 2.18. The molecule has 2 aromatic rings. The van der Waals surface area contributed by atoms with Gasteiger partial charge >= 0.3 is 0 Å². The number of hydrogen-bond donors (Lipinski definition) is 1. The summed E-state index contributed by atoms with van der Waals surface area (Å²) in [5.41, 5.74) is 5.72. The highest BCUT2D eigenvalue weighted by molar-refractivity contribution is 6.69. The van der Waals surface area contributed by atoms with Gasteiger partial charge in [0, 0.05) is 5.56 Å². The maximum atomic E-state index is 7.85. The van der Waals surface area contributed by atoms with Gasteiger partial charge in [0.15, 0.2) is 0 Å². The second-order valence-corrected chi connectivity index (χ2v) is 6.36. The van der Waals surface area contributed by atoms with Gasteiger partial charge in [-0.05, 0) is 34.1 Å². The molecule has 0 fully saturated rings. The van der Waals surface area contributed by atoms with Crippen molar-refractivity contribution in [2.75, 3.05) is 0 Å². The topological polar surface area (TPSA) is 23.9 Å². The van der Waals surface area contributed by atoms with Gasteiger partial charge in [-0.15, -0.1) is 0 Å². The first-order valence-electron chi connectivity index (χ1n) is 7.40. The van der Waals surface area contributed by atoms with Gasteiger partial charge in [-0.1, -0.05) is 81.8 Å². The lowest BCUT2D eigenvalue weighted by molar-refractivity contribution is 0.838. The Hall–Kier alpha value is -1.60. The number of nitrogens with one attached hydrogen (secondary N) is 1. The molecule has 0 atom stereocenters. The molecule has 0 aromatic heterocycles. The lowest BCUT2D eigenvalue weighted by atomic mass is 9.83. The second kappa shape index (κ2) is 6.44. The van der Waals surface area contributed by atoms with E-state index < -0.39 is 0 Å². The molecule has 0 amide bonds. The molecular formula is C19H22ClN. The Morgan fingerprint density at radius 3 is 1.86 bits per heavy atom. The number of hydrogen-bond acceptors (Lipinski definition) is 1. The van der Waals surface area contributed by atoms with E-state index in [2.05, 4.69) is 52.0 Å². The first kappa shape index (κ1) is 15.8. The molecule has 0 saturated carbocycles. The number of rotatable bonds is 4. The molecule has 0 heterocycles. The summed E-state index contributed by atoms with van der Waals surface area (Å²) >= 11 is 6.01. The summed E-state index contributed by atoms with van der Waals surface area (Å²) in [4.78, 5) is 0. The Kier molecular flexibility index (Phi) is 4.84.